The first-order chi connectivity index (χ1) is 8.54. The summed E-state index contributed by atoms with van der Waals surface area (Å²) in [5, 5.41) is 0. The fraction of sp³-hybridized carbons (Fsp3) is 0.538. The number of unbranched alkanes of at least 4 members (excludes halogenated alkanes) is 3. The van der Waals surface area contributed by atoms with Gasteiger partial charge in [0.15, 0.2) is 9.84 Å². The highest BCUT2D eigenvalue weighted by molar-refractivity contribution is 7.90. The number of hydrogen-bond donors (Lipinski definition) is 1. The van der Waals surface area contributed by atoms with Crippen LogP contribution in [-0.4, -0.2) is 27.0 Å². The van der Waals surface area contributed by atoms with E-state index in [0.717, 1.165) is 30.8 Å². The number of ether oxygens (including phenoxy) is 1. The van der Waals surface area contributed by atoms with E-state index in [0.29, 0.717) is 11.5 Å². The first kappa shape index (κ1) is 15.4. The second kappa shape index (κ2) is 7.69. The largest absolute Gasteiger partial charge is 0.494 e. The highest BCUT2D eigenvalue weighted by Gasteiger charge is 2.06. The fourth-order valence-corrected chi connectivity index (χ4v) is 2.39. The van der Waals surface area contributed by atoms with Crippen LogP contribution in [0.15, 0.2) is 29.2 Å². The molecule has 0 heterocycles. The molecule has 1 aromatic carbocycles. The Morgan fingerprint density at radius 2 is 1.67 bits per heavy atom. The molecule has 0 aliphatic heterocycles. The third-order valence-corrected chi connectivity index (χ3v) is 4.02. The quantitative estimate of drug-likeness (QED) is 0.591. The Bertz CT molecular complexity index is 438. The Kier molecular flexibility index (Phi) is 6.57. The van der Waals surface area contributed by atoms with Crippen molar-refractivity contribution in [2.45, 2.75) is 30.6 Å². The van der Waals surface area contributed by atoms with Crippen molar-refractivity contribution in [1.82, 2.24) is 0 Å². The third kappa shape index (κ3) is 5.78. The Morgan fingerprint density at radius 1 is 1.06 bits per heavy atom. The molecule has 0 aliphatic rings. The molecule has 0 fully saturated rings. The van der Waals surface area contributed by atoms with E-state index in [-0.39, 0.29) is 0 Å². The van der Waals surface area contributed by atoms with Crippen LogP contribution in [0.4, 0.5) is 0 Å². The summed E-state index contributed by atoms with van der Waals surface area (Å²) in [5.74, 6) is 1.66. The lowest BCUT2D eigenvalue weighted by Crippen LogP contribution is -1.99. The molecular weight excluding hydrogens is 268 g/mol. The molecule has 0 atom stereocenters. The molecule has 0 spiro atoms. The van der Waals surface area contributed by atoms with Gasteiger partial charge in [-0.25, -0.2) is 8.42 Å². The molecule has 0 saturated heterocycles. The normalized spacial score (nSPS) is 11.4. The van der Waals surface area contributed by atoms with Gasteiger partial charge in [0.1, 0.15) is 5.75 Å². The molecule has 0 saturated carbocycles. The van der Waals surface area contributed by atoms with Gasteiger partial charge in [-0.2, -0.15) is 12.6 Å². The van der Waals surface area contributed by atoms with Gasteiger partial charge in [0.25, 0.3) is 0 Å². The minimum atomic E-state index is -3.12. The zero-order chi connectivity index (χ0) is 13.4. The molecule has 1 aromatic rings. The molecule has 3 nitrogen and oxygen atoms in total. The zero-order valence-corrected chi connectivity index (χ0v) is 12.3. The van der Waals surface area contributed by atoms with Gasteiger partial charge in [-0.3, -0.25) is 0 Å². The topological polar surface area (TPSA) is 43.4 Å². The zero-order valence-electron chi connectivity index (χ0n) is 10.6. The molecule has 5 heteroatoms. The van der Waals surface area contributed by atoms with E-state index in [1.54, 1.807) is 24.3 Å². The lowest BCUT2D eigenvalue weighted by atomic mass is 10.2. The van der Waals surface area contributed by atoms with Gasteiger partial charge in [-0.15, -0.1) is 0 Å². The molecule has 18 heavy (non-hydrogen) atoms. The predicted octanol–water partition coefficient (Wildman–Crippen LogP) is 2.96. The molecule has 102 valence electrons. The summed E-state index contributed by atoms with van der Waals surface area (Å²) in [6.45, 7) is 0.671. The van der Waals surface area contributed by atoms with E-state index in [9.17, 15) is 8.42 Å². The summed E-state index contributed by atoms with van der Waals surface area (Å²) in [6.07, 6.45) is 5.68. The van der Waals surface area contributed by atoms with E-state index in [1.807, 2.05) is 0 Å². The number of sulfone groups is 1. The maximum atomic E-state index is 11.3. The molecule has 0 N–H and O–H groups in total. The molecule has 0 aliphatic carbocycles. The lowest BCUT2D eigenvalue weighted by molar-refractivity contribution is 0.305. The van der Waals surface area contributed by atoms with Gasteiger partial charge in [0.05, 0.1) is 11.5 Å². The van der Waals surface area contributed by atoms with Gasteiger partial charge in [0.2, 0.25) is 0 Å². The first-order valence-corrected chi connectivity index (χ1v) is 8.60. The van der Waals surface area contributed by atoms with Gasteiger partial charge >= 0.3 is 0 Å². The van der Waals surface area contributed by atoms with E-state index < -0.39 is 9.84 Å². The summed E-state index contributed by atoms with van der Waals surface area (Å²) in [5.41, 5.74) is 0. The minimum absolute atomic E-state index is 0.323. The van der Waals surface area contributed by atoms with Crippen LogP contribution in [0, 0.1) is 0 Å². The summed E-state index contributed by atoms with van der Waals surface area (Å²) >= 11 is 4.16. The fourth-order valence-electron chi connectivity index (χ4n) is 1.54. The molecule has 0 amide bonds. The van der Waals surface area contributed by atoms with Crippen LogP contribution >= 0.6 is 12.6 Å². The first-order valence-electron chi connectivity index (χ1n) is 6.08. The number of benzene rings is 1. The molecule has 0 radical (unpaired) electrons. The smallest absolute Gasteiger partial charge is 0.175 e. The molecular formula is C13H20O3S2. The molecule has 1 rings (SSSR count). The highest BCUT2D eigenvalue weighted by atomic mass is 32.2. The maximum absolute atomic E-state index is 11.3. The van der Waals surface area contributed by atoms with E-state index in [2.05, 4.69) is 12.6 Å². The Balaban J connectivity index is 2.32. The monoisotopic (exact) mass is 288 g/mol. The predicted molar refractivity (Wildman–Crippen MR) is 77.4 cm³/mol. The highest BCUT2D eigenvalue weighted by Crippen LogP contribution is 2.16. The van der Waals surface area contributed by atoms with Gasteiger partial charge < -0.3 is 4.74 Å². The summed E-state index contributed by atoms with van der Waals surface area (Å²) in [4.78, 5) is 0.323. The minimum Gasteiger partial charge on any atom is -0.494 e. The van der Waals surface area contributed by atoms with Gasteiger partial charge in [0, 0.05) is 6.26 Å². The molecule has 0 bridgehead atoms. The van der Waals surface area contributed by atoms with Crippen molar-refractivity contribution in [3.05, 3.63) is 24.3 Å². The van der Waals surface area contributed by atoms with Crippen molar-refractivity contribution in [2.24, 2.45) is 0 Å². The average molecular weight is 288 g/mol. The van der Waals surface area contributed by atoms with Crippen LogP contribution in [0.2, 0.25) is 0 Å². The number of hydrogen-bond acceptors (Lipinski definition) is 4. The maximum Gasteiger partial charge on any atom is 0.175 e. The standard InChI is InChI=1S/C13H20O3S2/c1-18(14,15)13-8-6-12(7-9-13)16-10-4-2-3-5-11-17/h6-9,17H,2-5,10-11H2,1H3. The van der Waals surface area contributed by atoms with Crippen molar-refractivity contribution in [1.29, 1.82) is 0 Å². The SMILES string of the molecule is CS(=O)(=O)c1ccc(OCCCCCCS)cc1. The van der Waals surface area contributed by atoms with Gasteiger partial charge in [-0.05, 0) is 42.9 Å². The summed E-state index contributed by atoms with van der Waals surface area (Å²) < 4.78 is 28.1. The number of rotatable bonds is 8. The van der Waals surface area contributed by atoms with Crippen LogP contribution in [0.25, 0.3) is 0 Å². The van der Waals surface area contributed by atoms with Gasteiger partial charge in [-0.1, -0.05) is 12.8 Å². The van der Waals surface area contributed by atoms with Crippen molar-refractivity contribution < 1.29 is 13.2 Å². The van der Waals surface area contributed by atoms with Crippen molar-refractivity contribution in [3.8, 4) is 5.75 Å². The van der Waals surface area contributed by atoms with Crippen molar-refractivity contribution in [3.63, 3.8) is 0 Å². The van der Waals surface area contributed by atoms with Crippen molar-refractivity contribution >= 4 is 22.5 Å². The van der Waals surface area contributed by atoms with Crippen molar-refractivity contribution in [2.75, 3.05) is 18.6 Å². The van der Waals surface area contributed by atoms with Crippen LogP contribution in [0.1, 0.15) is 25.7 Å². The Morgan fingerprint density at radius 3 is 2.22 bits per heavy atom. The molecule has 0 unspecified atom stereocenters. The average Bonchev–Trinajstić information content (AvgIpc) is 2.33. The number of thiol groups is 1. The van der Waals surface area contributed by atoms with E-state index in [1.165, 1.54) is 12.7 Å². The van der Waals surface area contributed by atoms with E-state index >= 15 is 0 Å². The summed E-state index contributed by atoms with van der Waals surface area (Å²) in [6, 6.07) is 6.55. The Labute approximate surface area is 115 Å². The second-order valence-electron chi connectivity index (χ2n) is 4.23. The third-order valence-electron chi connectivity index (χ3n) is 2.57. The van der Waals surface area contributed by atoms with Crippen LogP contribution in [0.5, 0.6) is 5.75 Å². The van der Waals surface area contributed by atoms with Crippen LogP contribution in [-0.2, 0) is 9.84 Å². The Hall–Kier alpha value is -0.680. The molecule has 0 aromatic heterocycles. The van der Waals surface area contributed by atoms with E-state index in [4.69, 9.17) is 4.74 Å². The lowest BCUT2D eigenvalue weighted by Gasteiger charge is -2.06. The second-order valence-corrected chi connectivity index (χ2v) is 6.69. The van der Waals surface area contributed by atoms with Crippen LogP contribution < -0.4 is 4.74 Å². The van der Waals surface area contributed by atoms with Crippen LogP contribution in [0.3, 0.4) is 0 Å². The summed E-state index contributed by atoms with van der Waals surface area (Å²) in [7, 11) is -3.12.